The van der Waals surface area contributed by atoms with Gasteiger partial charge in [0.15, 0.2) is 0 Å². The minimum Gasteiger partial charge on any atom is -0.496 e. The Balaban J connectivity index is 1.79. The van der Waals surface area contributed by atoms with Crippen LogP contribution in [-0.4, -0.2) is 40.4 Å². The number of ether oxygens (including phenoxy) is 2. The second kappa shape index (κ2) is 7.43. The van der Waals surface area contributed by atoms with E-state index in [1.165, 1.54) is 14.2 Å². The number of nitrogens with zero attached hydrogens (tertiary/aromatic N) is 4. The van der Waals surface area contributed by atoms with Crippen LogP contribution >= 0.6 is 0 Å². The minimum absolute atomic E-state index is 0.368. The van der Waals surface area contributed by atoms with Gasteiger partial charge in [0.25, 0.3) is 0 Å². The number of carbonyl (C=O) groups excluding carboxylic acids is 1. The summed E-state index contributed by atoms with van der Waals surface area (Å²) in [5.74, 6) is 0.513. The number of hydrogen-bond donors (Lipinski definition) is 1. The molecular weight excluding hydrogens is 322 g/mol. The number of aromatic nitrogens is 4. The second-order valence-electron chi connectivity index (χ2n) is 5.13. The van der Waals surface area contributed by atoms with Crippen molar-refractivity contribution in [1.29, 1.82) is 0 Å². The molecule has 0 unspecified atom stereocenters. The topological polar surface area (TPSA) is 91.2 Å². The molecule has 25 heavy (non-hydrogen) atoms. The molecule has 0 aliphatic rings. The number of tetrazole rings is 1. The summed E-state index contributed by atoms with van der Waals surface area (Å²) in [6, 6.07) is 14.9. The molecule has 0 spiro atoms. The zero-order chi connectivity index (χ0) is 17.6. The maximum atomic E-state index is 11.9. The van der Waals surface area contributed by atoms with Gasteiger partial charge in [-0.05, 0) is 40.3 Å². The summed E-state index contributed by atoms with van der Waals surface area (Å²) in [6.45, 7) is 0.432. The number of rotatable bonds is 6. The van der Waals surface area contributed by atoms with Gasteiger partial charge < -0.3 is 14.8 Å². The Morgan fingerprint density at radius 2 is 1.96 bits per heavy atom. The average molecular weight is 339 g/mol. The number of methoxy groups -OCH3 is 2. The van der Waals surface area contributed by atoms with Crippen molar-refractivity contribution in [3.05, 3.63) is 59.7 Å². The zero-order valence-corrected chi connectivity index (χ0v) is 13.8. The highest BCUT2D eigenvalue weighted by molar-refractivity contribution is 5.92. The van der Waals surface area contributed by atoms with Crippen LogP contribution in [0.3, 0.4) is 0 Å². The fourth-order valence-electron chi connectivity index (χ4n) is 2.36. The largest absolute Gasteiger partial charge is 0.496 e. The van der Waals surface area contributed by atoms with Crippen molar-refractivity contribution in [2.45, 2.75) is 6.54 Å². The van der Waals surface area contributed by atoms with Gasteiger partial charge in [0.2, 0.25) is 5.95 Å². The van der Waals surface area contributed by atoms with Crippen molar-refractivity contribution >= 4 is 11.9 Å². The molecule has 1 aromatic heterocycles. The zero-order valence-electron chi connectivity index (χ0n) is 13.8. The van der Waals surface area contributed by atoms with Gasteiger partial charge in [0.1, 0.15) is 11.3 Å². The smallest absolute Gasteiger partial charge is 0.341 e. The third-order valence-electron chi connectivity index (χ3n) is 3.59. The van der Waals surface area contributed by atoms with Crippen molar-refractivity contribution in [2.75, 3.05) is 19.5 Å². The first kappa shape index (κ1) is 16.4. The fourth-order valence-corrected chi connectivity index (χ4v) is 2.36. The van der Waals surface area contributed by atoms with E-state index in [0.29, 0.717) is 23.8 Å². The molecule has 1 N–H and O–H groups in total. The predicted molar refractivity (Wildman–Crippen MR) is 90.8 cm³/mol. The molecule has 0 aliphatic carbocycles. The van der Waals surface area contributed by atoms with Gasteiger partial charge in [-0.3, -0.25) is 0 Å². The van der Waals surface area contributed by atoms with Crippen molar-refractivity contribution < 1.29 is 14.3 Å². The number of anilines is 1. The van der Waals surface area contributed by atoms with E-state index >= 15 is 0 Å². The molecule has 3 aromatic rings. The lowest BCUT2D eigenvalue weighted by Gasteiger charge is -2.10. The van der Waals surface area contributed by atoms with E-state index in [-0.39, 0.29) is 0 Å². The molecule has 1 heterocycles. The predicted octanol–water partition coefficient (Wildman–Crippen LogP) is 2.07. The summed E-state index contributed by atoms with van der Waals surface area (Å²) >= 11 is 0. The molecule has 0 radical (unpaired) electrons. The Bertz CT molecular complexity index is 864. The van der Waals surface area contributed by atoms with Gasteiger partial charge in [-0.25, -0.2) is 4.79 Å². The summed E-state index contributed by atoms with van der Waals surface area (Å²) in [6.07, 6.45) is 0. The molecule has 8 heteroatoms. The average Bonchev–Trinajstić information content (AvgIpc) is 3.14. The Hall–Kier alpha value is -3.42. The SMILES string of the molecule is COC(=O)c1cc(CNc2nnnn2-c2ccccc2)ccc1OC. The molecule has 0 bridgehead atoms. The van der Waals surface area contributed by atoms with Crippen LogP contribution in [0.15, 0.2) is 48.5 Å². The number of hydrogen-bond acceptors (Lipinski definition) is 7. The summed E-state index contributed by atoms with van der Waals surface area (Å²) in [7, 11) is 2.84. The summed E-state index contributed by atoms with van der Waals surface area (Å²) in [5, 5.41) is 14.8. The normalized spacial score (nSPS) is 10.3. The van der Waals surface area contributed by atoms with Gasteiger partial charge in [-0.2, -0.15) is 4.68 Å². The lowest BCUT2D eigenvalue weighted by molar-refractivity contribution is 0.0597. The Labute approximate surface area is 144 Å². The molecule has 2 aromatic carbocycles. The maximum Gasteiger partial charge on any atom is 0.341 e. The van der Waals surface area contributed by atoms with Gasteiger partial charge in [0.05, 0.1) is 19.9 Å². The minimum atomic E-state index is -0.451. The lowest BCUT2D eigenvalue weighted by atomic mass is 10.1. The van der Waals surface area contributed by atoms with Crippen LogP contribution in [0, 0.1) is 0 Å². The van der Waals surface area contributed by atoms with E-state index in [9.17, 15) is 4.79 Å². The maximum absolute atomic E-state index is 11.9. The number of carbonyl (C=O) groups is 1. The first-order chi connectivity index (χ1) is 12.2. The molecule has 3 rings (SSSR count). The standard InChI is InChI=1S/C17H17N5O3/c1-24-15-9-8-12(10-14(15)16(23)25-2)11-18-17-19-20-21-22(17)13-6-4-3-5-7-13/h3-10H,11H2,1-2H3,(H,18,19,21). The van der Waals surface area contributed by atoms with E-state index in [0.717, 1.165) is 11.3 Å². The molecule has 8 nitrogen and oxygen atoms in total. The van der Waals surface area contributed by atoms with Crippen LogP contribution in [0.25, 0.3) is 5.69 Å². The highest BCUT2D eigenvalue weighted by Gasteiger charge is 2.14. The van der Waals surface area contributed by atoms with Crippen molar-refractivity contribution in [1.82, 2.24) is 20.2 Å². The van der Waals surface area contributed by atoms with Gasteiger partial charge in [0, 0.05) is 6.54 Å². The Morgan fingerprint density at radius 3 is 2.68 bits per heavy atom. The number of para-hydroxylation sites is 1. The van der Waals surface area contributed by atoms with E-state index in [4.69, 9.17) is 9.47 Å². The van der Waals surface area contributed by atoms with Crippen LogP contribution in [0.1, 0.15) is 15.9 Å². The molecular formula is C17H17N5O3. The van der Waals surface area contributed by atoms with E-state index in [2.05, 4.69) is 20.8 Å². The Morgan fingerprint density at radius 1 is 1.16 bits per heavy atom. The van der Waals surface area contributed by atoms with Crippen molar-refractivity contribution in [3.8, 4) is 11.4 Å². The molecule has 128 valence electrons. The molecule has 0 aliphatic heterocycles. The summed E-state index contributed by atoms with van der Waals surface area (Å²) in [5.41, 5.74) is 2.08. The third-order valence-corrected chi connectivity index (χ3v) is 3.59. The first-order valence-electron chi connectivity index (χ1n) is 7.56. The van der Waals surface area contributed by atoms with Gasteiger partial charge in [-0.1, -0.05) is 29.4 Å². The molecule has 0 fully saturated rings. The highest BCUT2D eigenvalue weighted by atomic mass is 16.5. The quantitative estimate of drug-likeness (QED) is 0.687. The van der Waals surface area contributed by atoms with Crippen LogP contribution in [-0.2, 0) is 11.3 Å². The van der Waals surface area contributed by atoms with Gasteiger partial charge in [-0.15, -0.1) is 0 Å². The monoisotopic (exact) mass is 339 g/mol. The summed E-state index contributed by atoms with van der Waals surface area (Å²) in [4.78, 5) is 11.9. The molecule has 0 amide bonds. The van der Waals surface area contributed by atoms with Crippen LogP contribution in [0.4, 0.5) is 5.95 Å². The van der Waals surface area contributed by atoms with Crippen molar-refractivity contribution in [3.63, 3.8) is 0 Å². The fraction of sp³-hybridized carbons (Fsp3) is 0.176. The van der Waals surface area contributed by atoms with E-state index in [1.807, 2.05) is 36.4 Å². The molecule has 0 saturated carbocycles. The number of esters is 1. The Kier molecular flexibility index (Phi) is 4.89. The highest BCUT2D eigenvalue weighted by Crippen LogP contribution is 2.21. The number of nitrogens with one attached hydrogen (secondary N) is 1. The molecule has 0 atom stereocenters. The second-order valence-corrected chi connectivity index (χ2v) is 5.13. The number of benzene rings is 2. The van der Waals surface area contributed by atoms with Crippen LogP contribution in [0.2, 0.25) is 0 Å². The summed E-state index contributed by atoms with van der Waals surface area (Å²) < 4.78 is 11.6. The van der Waals surface area contributed by atoms with Gasteiger partial charge >= 0.3 is 5.97 Å². The molecule has 0 saturated heterocycles. The van der Waals surface area contributed by atoms with Crippen LogP contribution < -0.4 is 10.1 Å². The van der Waals surface area contributed by atoms with E-state index in [1.54, 1.807) is 16.8 Å². The third kappa shape index (κ3) is 3.57. The van der Waals surface area contributed by atoms with E-state index < -0.39 is 5.97 Å². The van der Waals surface area contributed by atoms with Crippen LogP contribution in [0.5, 0.6) is 5.75 Å². The lowest BCUT2D eigenvalue weighted by Crippen LogP contribution is -2.09. The van der Waals surface area contributed by atoms with Crippen molar-refractivity contribution in [2.24, 2.45) is 0 Å². The first-order valence-corrected chi connectivity index (χ1v) is 7.56.